The van der Waals surface area contributed by atoms with Crippen LogP contribution in [0.25, 0.3) is 0 Å². The van der Waals surface area contributed by atoms with Crippen molar-refractivity contribution in [2.75, 3.05) is 0 Å². The van der Waals surface area contributed by atoms with Crippen LogP contribution in [0.4, 0.5) is 8.78 Å². The van der Waals surface area contributed by atoms with Gasteiger partial charge in [0.15, 0.2) is 0 Å². The molecule has 0 aliphatic rings. The predicted molar refractivity (Wildman–Crippen MR) is 77.8 cm³/mol. The molecule has 0 saturated carbocycles. The summed E-state index contributed by atoms with van der Waals surface area (Å²) >= 11 is 3.50. The van der Waals surface area contributed by atoms with Gasteiger partial charge < -0.3 is 0 Å². The Balaban J connectivity index is 2.56. The van der Waals surface area contributed by atoms with Crippen molar-refractivity contribution in [3.05, 3.63) is 69.8 Å². The maximum Gasteiger partial charge on any atom is 0.128 e. The summed E-state index contributed by atoms with van der Waals surface area (Å²) in [5, 5.41) is 0. The van der Waals surface area contributed by atoms with E-state index in [-0.39, 0.29) is 4.83 Å². The van der Waals surface area contributed by atoms with Gasteiger partial charge >= 0.3 is 0 Å². The second-order valence-corrected chi connectivity index (χ2v) is 5.76. The Hall–Kier alpha value is -1.22. The minimum absolute atomic E-state index is 0.329. The van der Waals surface area contributed by atoms with E-state index in [1.165, 1.54) is 6.07 Å². The van der Waals surface area contributed by atoms with Gasteiger partial charge in [0, 0.05) is 5.56 Å². The third kappa shape index (κ3) is 2.86. The summed E-state index contributed by atoms with van der Waals surface area (Å²) in [6.45, 7) is 6.00. The lowest BCUT2D eigenvalue weighted by Gasteiger charge is -2.18. The molecule has 1 unspecified atom stereocenters. The van der Waals surface area contributed by atoms with Gasteiger partial charge in [0.1, 0.15) is 11.6 Å². The Morgan fingerprint density at radius 3 is 2.11 bits per heavy atom. The van der Waals surface area contributed by atoms with E-state index in [0.717, 1.165) is 34.4 Å². The zero-order valence-electron chi connectivity index (χ0n) is 11.1. The van der Waals surface area contributed by atoms with Crippen LogP contribution >= 0.6 is 15.9 Å². The Morgan fingerprint density at radius 1 is 0.947 bits per heavy atom. The molecule has 0 N–H and O–H groups in total. The Kier molecular flexibility index (Phi) is 4.04. The van der Waals surface area contributed by atoms with Crippen molar-refractivity contribution in [2.24, 2.45) is 0 Å². The molecule has 2 rings (SSSR count). The molecule has 0 spiro atoms. The molecule has 0 saturated heterocycles. The van der Waals surface area contributed by atoms with Gasteiger partial charge in [0.2, 0.25) is 0 Å². The van der Waals surface area contributed by atoms with Crippen LogP contribution in [0.2, 0.25) is 0 Å². The third-order valence-electron chi connectivity index (χ3n) is 3.22. The molecule has 0 aliphatic carbocycles. The highest BCUT2D eigenvalue weighted by Gasteiger charge is 2.19. The minimum Gasteiger partial charge on any atom is -0.207 e. The molecule has 0 fully saturated rings. The molecule has 0 radical (unpaired) electrons. The number of halogens is 3. The molecule has 0 heterocycles. The molecule has 0 aromatic heterocycles. The molecule has 1 atom stereocenters. The molecule has 2 aromatic carbocycles. The van der Waals surface area contributed by atoms with E-state index in [2.05, 4.69) is 15.9 Å². The van der Waals surface area contributed by atoms with Crippen LogP contribution in [0.5, 0.6) is 0 Å². The Morgan fingerprint density at radius 2 is 1.53 bits per heavy atom. The lowest BCUT2D eigenvalue weighted by atomic mass is 9.94. The first-order valence-corrected chi connectivity index (χ1v) is 6.98. The normalized spacial score (nSPS) is 12.5. The molecular weight excluding hydrogens is 310 g/mol. The lowest BCUT2D eigenvalue weighted by Crippen LogP contribution is -2.03. The van der Waals surface area contributed by atoms with E-state index in [1.54, 1.807) is 0 Å². The molecule has 19 heavy (non-hydrogen) atoms. The van der Waals surface area contributed by atoms with Crippen molar-refractivity contribution in [3.63, 3.8) is 0 Å². The van der Waals surface area contributed by atoms with E-state index in [1.807, 2.05) is 32.9 Å². The molecule has 0 amide bonds. The minimum atomic E-state index is -0.428. The second-order valence-electron chi connectivity index (χ2n) is 4.84. The summed E-state index contributed by atoms with van der Waals surface area (Å²) in [7, 11) is 0. The molecule has 0 bridgehead atoms. The first-order chi connectivity index (χ1) is 8.90. The van der Waals surface area contributed by atoms with Gasteiger partial charge in [0.25, 0.3) is 0 Å². The number of benzene rings is 2. The van der Waals surface area contributed by atoms with Crippen LogP contribution in [0, 0.1) is 32.4 Å². The van der Waals surface area contributed by atoms with Crippen LogP contribution < -0.4 is 0 Å². The maximum absolute atomic E-state index is 13.9. The first kappa shape index (κ1) is 14.2. The third-order valence-corrected chi connectivity index (χ3v) is 4.17. The number of hydrogen-bond acceptors (Lipinski definition) is 0. The molecule has 0 aliphatic heterocycles. The number of alkyl halides is 1. The average molecular weight is 325 g/mol. The highest BCUT2D eigenvalue weighted by molar-refractivity contribution is 9.09. The van der Waals surface area contributed by atoms with Gasteiger partial charge in [0.05, 0.1) is 4.83 Å². The fraction of sp³-hybridized carbons (Fsp3) is 0.250. The van der Waals surface area contributed by atoms with Gasteiger partial charge in [-0.2, -0.15) is 0 Å². The molecule has 2 aromatic rings. The largest absolute Gasteiger partial charge is 0.207 e. The maximum atomic E-state index is 13.9. The standard InChI is InChI=1S/C16H15BrF2/c1-9-6-10(2)15(11(3)7-9)16(17)13-8-12(18)4-5-14(13)19/h4-8,16H,1-3H3. The first-order valence-electron chi connectivity index (χ1n) is 6.07. The van der Waals surface area contributed by atoms with Gasteiger partial charge in [-0.15, -0.1) is 0 Å². The zero-order valence-corrected chi connectivity index (χ0v) is 12.7. The highest BCUT2D eigenvalue weighted by Crippen LogP contribution is 2.36. The second kappa shape index (κ2) is 5.41. The number of rotatable bonds is 2. The summed E-state index contributed by atoms with van der Waals surface area (Å²) in [5.41, 5.74) is 4.63. The van der Waals surface area contributed by atoms with Crippen molar-refractivity contribution in [1.29, 1.82) is 0 Å². The summed E-state index contributed by atoms with van der Waals surface area (Å²) in [6.07, 6.45) is 0. The van der Waals surface area contributed by atoms with Crippen LogP contribution in [0.1, 0.15) is 32.6 Å². The molecule has 100 valence electrons. The fourth-order valence-electron chi connectivity index (χ4n) is 2.46. The quantitative estimate of drug-likeness (QED) is 0.651. The van der Waals surface area contributed by atoms with E-state index < -0.39 is 11.6 Å². The van der Waals surface area contributed by atoms with E-state index >= 15 is 0 Å². The van der Waals surface area contributed by atoms with Gasteiger partial charge in [-0.05, 0) is 55.7 Å². The SMILES string of the molecule is Cc1cc(C)c(C(Br)c2cc(F)ccc2F)c(C)c1. The van der Waals surface area contributed by atoms with Crippen molar-refractivity contribution < 1.29 is 8.78 Å². The summed E-state index contributed by atoms with van der Waals surface area (Å²) in [5.74, 6) is -0.828. The Labute approximate surface area is 120 Å². The van der Waals surface area contributed by atoms with Crippen molar-refractivity contribution >= 4 is 15.9 Å². The van der Waals surface area contributed by atoms with E-state index in [4.69, 9.17) is 0 Å². The van der Waals surface area contributed by atoms with Crippen molar-refractivity contribution in [3.8, 4) is 0 Å². The molecule has 0 nitrogen and oxygen atoms in total. The summed E-state index contributed by atoms with van der Waals surface area (Å²) in [4.78, 5) is -0.344. The number of hydrogen-bond donors (Lipinski definition) is 0. The fourth-order valence-corrected chi connectivity index (χ4v) is 3.53. The summed E-state index contributed by atoms with van der Waals surface area (Å²) in [6, 6.07) is 7.64. The van der Waals surface area contributed by atoms with Crippen molar-refractivity contribution in [2.45, 2.75) is 25.6 Å². The van der Waals surface area contributed by atoms with E-state index in [0.29, 0.717) is 5.56 Å². The van der Waals surface area contributed by atoms with Crippen LogP contribution in [0.3, 0.4) is 0 Å². The Bertz CT molecular complexity index is 597. The molecule has 3 heteroatoms. The van der Waals surface area contributed by atoms with Gasteiger partial charge in [-0.3, -0.25) is 0 Å². The monoisotopic (exact) mass is 324 g/mol. The van der Waals surface area contributed by atoms with Gasteiger partial charge in [-0.25, -0.2) is 8.78 Å². The van der Waals surface area contributed by atoms with Crippen LogP contribution in [0.15, 0.2) is 30.3 Å². The lowest BCUT2D eigenvalue weighted by molar-refractivity contribution is 0.588. The zero-order chi connectivity index (χ0) is 14.2. The van der Waals surface area contributed by atoms with Crippen molar-refractivity contribution in [1.82, 2.24) is 0 Å². The molecular formula is C16H15BrF2. The predicted octanol–water partition coefficient (Wildman–Crippen LogP) is 5.37. The van der Waals surface area contributed by atoms with Crippen LogP contribution in [-0.2, 0) is 0 Å². The highest BCUT2D eigenvalue weighted by atomic mass is 79.9. The average Bonchev–Trinajstić information content (AvgIpc) is 2.30. The smallest absolute Gasteiger partial charge is 0.128 e. The van der Waals surface area contributed by atoms with E-state index in [9.17, 15) is 8.78 Å². The van der Waals surface area contributed by atoms with Gasteiger partial charge in [-0.1, -0.05) is 33.6 Å². The summed E-state index contributed by atoms with van der Waals surface area (Å²) < 4.78 is 27.2. The number of aryl methyl sites for hydroxylation is 3. The topological polar surface area (TPSA) is 0 Å². The van der Waals surface area contributed by atoms with Crippen LogP contribution in [-0.4, -0.2) is 0 Å².